The van der Waals surface area contributed by atoms with Crippen LogP contribution in [0.5, 0.6) is 0 Å². The first kappa shape index (κ1) is 14.8. The molecule has 3 heterocycles. The average Bonchev–Trinajstić information content (AvgIpc) is 3.18. The van der Waals surface area contributed by atoms with Crippen molar-refractivity contribution >= 4 is 5.91 Å². The van der Waals surface area contributed by atoms with Crippen molar-refractivity contribution in [1.29, 1.82) is 0 Å². The van der Waals surface area contributed by atoms with Crippen LogP contribution in [-0.4, -0.2) is 43.5 Å². The summed E-state index contributed by atoms with van der Waals surface area (Å²) in [6, 6.07) is 2.18. The fourth-order valence-electron chi connectivity index (χ4n) is 3.08. The van der Waals surface area contributed by atoms with Gasteiger partial charge in [-0.25, -0.2) is 0 Å². The molecule has 0 spiro atoms. The van der Waals surface area contributed by atoms with Gasteiger partial charge in [0.25, 0.3) is 0 Å². The van der Waals surface area contributed by atoms with Crippen molar-refractivity contribution < 1.29 is 4.79 Å². The van der Waals surface area contributed by atoms with Crippen molar-refractivity contribution in [1.82, 2.24) is 24.5 Å². The lowest BCUT2D eigenvalue weighted by Crippen LogP contribution is -2.44. The molecule has 118 valence electrons. The molecule has 0 N–H and O–H groups in total. The van der Waals surface area contributed by atoms with E-state index in [1.54, 1.807) is 6.20 Å². The van der Waals surface area contributed by atoms with E-state index in [4.69, 9.17) is 0 Å². The van der Waals surface area contributed by atoms with Crippen molar-refractivity contribution in [3.63, 3.8) is 0 Å². The fraction of sp³-hybridized carbons (Fsp3) is 0.562. The third kappa shape index (κ3) is 3.21. The van der Waals surface area contributed by atoms with E-state index in [1.165, 1.54) is 0 Å². The molecule has 6 heteroatoms. The highest BCUT2D eigenvalue weighted by atomic mass is 16.2. The summed E-state index contributed by atoms with van der Waals surface area (Å²) in [4.78, 5) is 14.6. The Hall–Kier alpha value is -2.11. The number of hydrogen-bond acceptors (Lipinski definition) is 3. The van der Waals surface area contributed by atoms with Crippen LogP contribution in [0.25, 0.3) is 0 Å². The Balaban J connectivity index is 1.62. The number of rotatable bonds is 4. The normalized spacial score (nSPS) is 20.1. The van der Waals surface area contributed by atoms with Crippen LogP contribution < -0.4 is 0 Å². The number of carbonyl (C=O) groups is 1. The summed E-state index contributed by atoms with van der Waals surface area (Å²) in [7, 11) is 0. The molecular weight excluding hydrogens is 278 g/mol. The summed E-state index contributed by atoms with van der Waals surface area (Å²) < 4.78 is 3.83. The number of amides is 1. The number of nitrogens with zero attached hydrogens (tertiary/aromatic N) is 5. The molecular formula is C16H23N5O. The molecule has 0 aromatic carbocycles. The standard InChI is InChI=1S/C16H23N5O/c1-13-9-18-21(10-13)15-5-3-7-19(12-15)16(22)14(2)11-20-8-4-6-17-20/h4,6,8-10,14-15H,3,5,7,11-12H2,1-2H3. The number of aryl methyl sites for hydroxylation is 1. The van der Waals surface area contributed by atoms with E-state index < -0.39 is 0 Å². The topological polar surface area (TPSA) is 56.0 Å². The SMILES string of the molecule is Cc1cnn(C2CCCN(C(=O)C(C)Cn3cccn3)C2)c1. The lowest BCUT2D eigenvalue weighted by atomic mass is 10.0. The zero-order valence-electron chi connectivity index (χ0n) is 13.2. The van der Waals surface area contributed by atoms with Crippen LogP contribution in [0.3, 0.4) is 0 Å². The van der Waals surface area contributed by atoms with Gasteiger partial charge < -0.3 is 4.90 Å². The number of aromatic nitrogens is 4. The van der Waals surface area contributed by atoms with Gasteiger partial charge in [0, 0.05) is 31.7 Å². The third-order valence-corrected chi connectivity index (χ3v) is 4.25. The maximum Gasteiger partial charge on any atom is 0.227 e. The monoisotopic (exact) mass is 301 g/mol. The van der Waals surface area contributed by atoms with E-state index in [0.717, 1.165) is 31.5 Å². The van der Waals surface area contributed by atoms with Crippen LogP contribution in [0.2, 0.25) is 0 Å². The van der Waals surface area contributed by atoms with Gasteiger partial charge in [0.05, 0.1) is 24.7 Å². The second-order valence-corrected chi connectivity index (χ2v) is 6.21. The fourth-order valence-corrected chi connectivity index (χ4v) is 3.08. The molecule has 2 atom stereocenters. The quantitative estimate of drug-likeness (QED) is 0.866. The minimum Gasteiger partial charge on any atom is -0.340 e. The first-order valence-electron chi connectivity index (χ1n) is 7.90. The molecule has 0 bridgehead atoms. The molecule has 0 saturated carbocycles. The van der Waals surface area contributed by atoms with Gasteiger partial charge in [-0.05, 0) is 31.4 Å². The van der Waals surface area contributed by atoms with Crippen LogP contribution in [-0.2, 0) is 11.3 Å². The van der Waals surface area contributed by atoms with Crippen LogP contribution in [0.4, 0.5) is 0 Å². The minimum absolute atomic E-state index is 0.0574. The largest absolute Gasteiger partial charge is 0.340 e. The summed E-state index contributed by atoms with van der Waals surface area (Å²) in [5.41, 5.74) is 1.16. The van der Waals surface area contributed by atoms with Crippen molar-refractivity contribution in [2.24, 2.45) is 5.92 Å². The first-order chi connectivity index (χ1) is 10.6. The minimum atomic E-state index is -0.0574. The second-order valence-electron chi connectivity index (χ2n) is 6.21. The summed E-state index contributed by atoms with van der Waals surface area (Å²) in [6.45, 7) is 6.25. The molecule has 1 aliphatic heterocycles. The highest BCUT2D eigenvalue weighted by Crippen LogP contribution is 2.22. The number of likely N-dealkylation sites (tertiary alicyclic amines) is 1. The number of piperidine rings is 1. The van der Waals surface area contributed by atoms with Crippen LogP contribution in [0.1, 0.15) is 31.4 Å². The van der Waals surface area contributed by atoms with Crippen LogP contribution >= 0.6 is 0 Å². The van der Waals surface area contributed by atoms with Crippen LogP contribution in [0.15, 0.2) is 30.9 Å². The highest BCUT2D eigenvalue weighted by molar-refractivity contribution is 5.78. The molecule has 22 heavy (non-hydrogen) atoms. The lowest BCUT2D eigenvalue weighted by molar-refractivity contribution is -0.137. The van der Waals surface area contributed by atoms with Gasteiger partial charge in [0.1, 0.15) is 0 Å². The Bertz CT molecular complexity index is 618. The molecule has 1 saturated heterocycles. The van der Waals surface area contributed by atoms with Gasteiger partial charge in [0.15, 0.2) is 0 Å². The zero-order chi connectivity index (χ0) is 15.5. The predicted octanol–water partition coefficient (Wildman–Crippen LogP) is 1.89. The number of carbonyl (C=O) groups excluding carboxylic acids is 1. The van der Waals surface area contributed by atoms with E-state index in [2.05, 4.69) is 16.4 Å². The molecule has 0 aliphatic carbocycles. The molecule has 1 fully saturated rings. The van der Waals surface area contributed by atoms with Crippen LogP contribution in [0, 0.1) is 12.8 Å². The Morgan fingerprint density at radius 1 is 1.45 bits per heavy atom. The Morgan fingerprint density at radius 3 is 3.00 bits per heavy atom. The van der Waals surface area contributed by atoms with Crippen molar-refractivity contribution in [2.75, 3.05) is 13.1 Å². The predicted molar refractivity (Wildman–Crippen MR) is 83.2 cm³/mol. The molecule has 6 nitrogen and oxygen atoms in total. The summed E-state index contributed by atoms with van der Waals surface area (Å²) in [5.74, 6) is 0.155. The maximum atomic E-state index is 12.7. The average molecular weight is 301 g/mol. The molecule has 0 radical (unpaired) electrons. The Labute approximate surface area is 130 Å². The smallest absolute Gasteiger partial charge is 0.227 e. The highest BCUT2D eigenvalue weighted by Gasteiger charge is 2.28. The van der Waals surface area contributed by atoms with E-state index in [1.807, 2.05) is 46.6 Å². The molecule has 1 aliphatic rings. The van der Waals surface area contributed by atoms with E-state index in [0.29, 0.717) is 12.6 Å². The van der Waals surface area contributed by atoms with Gasteiger partial charge in [-0.3, -0.25) is 14.2 Å². The molecule has 2 aromatic rings. The van der Waals surface area contributed by atoms with E-state index in [-0.39, 0.29) is 11.8 Å². The molecule has 2 unspecified atom stereocenters. The summed E-state index contributed by atoms with van der Waals surface area (Å²) >= 11 is 0. The van der Waals surface area contributed by atoms with Gasteiger partial charge in [-0.2, -0.15) is 10.2 Å². The summed E-state index contributed by atoms with van der Waals surface area (Å²) in [6.07, 6.45) is 9.69. The lowest BCUT2D eigenvalue weighted by Gasteiger charge is -2.34. The molecule has 1 amide bonds. The van der Waals surface area contributed by atoms with E-state index >= 15 is 0 Å². The van der Waals surface area contributed by atoms with Crippen molar-refractivity contribution in [2.45, 2.75) is 39.3 Å². The number of hydrogen-bond donors (Lipinski definition) is 0. The van der Waals surface area contributed by atoms with Gasteiger partial charge >= 0.3 is 0 Å². The Morgan fingerprint density at radius 2 is 2.32 bits per heavy atom. The molecule has 2 aromatic heterocycles. The third-order valence-electron chi connectivity index (χ3n) is 4.25. The van der Waals surface area contributed by atoms with Gasteiger partial charge in [-0.15, -0.1) is 0 Å². The first-order valence-corrected chi connectivity index (χ1v) is 7.90. The second kappa shape index (κ2) is 6.34. The van der Waals surface area contributed by atoms with E-state index in [9.17, 15) is 4.79 Å². The Kier molecular flexibility index (Phi) is 4.27. The summed E-state index contributed by atoms with van der Waals surface area (Å²) in [5, 5.41) is 8.58. The van der Waals surface area contributed by atoms with Gasteiger partial charge in [-0.1, -0.05) is 6.92 Å². The van der Waals surface area contributed by atoms with Gasteiger partial charge in [0.2, 0.25) is 5.91 Å². The zero-order valence-corrected chi connectivity index (χ0v) is 13.2. The van der Waals surface area contributed by atoms with Crippen molar-refractivity contribution in [3.05, 3.63) is 36.4 Å². The van der Waals surface area contributed by atoms with Crippen molar-refractivity contribution in [3.8, 4) is 0 Å². The molecule has 3 rings (SSSR count). The maximum absolute atomic E-state index is 12.7.